The van der Waals surface area contributed by atoms with E-state index in [9.17, 15) is 0 Å². The molecule has 0 fully saturated rings. The summed E-state index contributed by atoms with van der Waals surface area (Å²) in [4.78, 5) is 0. The maximum atomic E-state index is 6.35. The third kappa shape index (κ3) is 3.83. The highest BCUT2D eigenvalue weighted by Gasteiger charge is 2.27. The van der Waals surface area contributed by atoms with Gasteiger partial charge in [-0.1, -0.05) is 110 Å². The topological polar surface area (TPSA) is 0 Å². The van der Waals surface area contributed by atoms with Crippen LogP contribution >= 0.6 is 16.6 Å². The predicted molar refractivity (Wildman–Crippen MR) is 114 cm³/mol. The van der Waals surface area contributed by atoms with Crippen LogP contribution < -0.4 is 10.6 Å². The summed E-state index contributed by atoms with van der Waals surface area (Å²) in [6.45, 7) is 2.25. The predicted octanol–water partition coefficient (Wildman–Crippen LogP) is 5.92. The van der Waals surface area contributed by atoms with E-state index in [2.05, 4.69) is 97.9 Å². The molecular weight excluding hydrogens is 347 g/mol. The Balaban J connectivity index is 2.04. The SMILES string of the molecule is CCC(SP(=S)(c1ccccc1)c1ccccc1)c1ccccc1. The molecular formula is C21H21PS2. The van der Waals surface area contributed by atoms with Gasteiger partial charge in [0.15, 0.2) is 0 Å². The molecule has 0 saturated carbocycles. The van der Waals surface area contributed by atoms with Crippen LogP contribution in [-0.2, 0) is 11.8 Å². The summed E-state index contributed by atoms with van der Waals surface area (Å²) in [6.07, 6.45) is 1.08. The van der Waals surface area contributed by atoms with Gasteiger partial charge in [-0.25, -0.2) is 0 Å². The number of hydrogen-bond donors (Lipinski definition) is 0. The first-order valence-corrected chi connectivity index (χ1v) is 12.5. The summed E-state index contributed by atoms with van der Waals surface area (Å²) >= 11 is 8.33. The van der Waals surface area contributed by atoms with Crippen LogP contribution in [0, 0.1) is 0 Å². The molecule has 0 aliphatic carbocycles. The van der Waals surface area contributed by atoms with Crippen LogP contribution in [0.15, 0.2) is 91.0 Å². The van der Waals surface area contributed by atoms with Gasteiger partial charge in [-0.2, -0.15) is 0 Å². The molecule has 24 heavy (non-hydrogen) atoms. The second-order valence-electron chi connectivity index (χ2n) is 5.64. The van der Waals surface area contributed by atoms with E-state index in [0.717, 1.165) is 6.42 Å². The summed E-state index contributed by atoms with van der Waals surface area (Å²) in [5, 5.41) is 1.07. The second kappa shape index (κ2) is 8.16. The van der Waals surface area contributed by atoms with Crippen molar-refractivity contribution in [1.29, 1.82) is 0 Å². The molecule has 0 bridgehead atoms. The lowest BCUT2D eigenvalue weighted by Gasteiger charge is -2.27. The zero-order chi connectivity index (χ0) is 16.8. The van der Waals surface area contributed by atoms with Gasteiger partial charge in [-0.3, -0.25) is 0 Å². The Morgan fingerprint density at radius 3 is 1.58 bits per heavy atom. The Kier molecular flexibility index (Phi) is 5.94. The average molecular weight is 369 g/mol. The zero-order valence-corrected chi connectivity index (χ0v) is 16.2. The first kappa shape index (κ1) is 17.5. The number of benzene rings is 3. The molecule has 3 aromatic rings. The molecule has 0 aromatic heterocycles. The van der Waals surface area contributed by atoms with Gasteiger partial charge in [0.25, 0.3) is 0 Å². The van der Waals surface area contributed by atoms with Crippen molar-refractivity contribution < 1.29 is 0 Å². The summed E-state index contributed by atoms with van der Waals surface area (Å²) < 4.78 is 0. The molecule has 0 nitrogen and oxygen atoms in total. The molecule has 3 rings (SSSR count). The fourth-order valence-electron chi connectivity index (χ4n) is 2.74. The van der Waals surface area contributed by atoms with E-state index in [1.165, 1.54) is 16.2 Å². The van der Waals surface area contributed by atoms with Crippen molar-refractivity contribution in [2.24, 2.45) is 0 Å². The maximum Gasteiger partial charge on any atom is 0.0619 e. The lowest BCUT2D eigenvalue weighted by atomic mass is 10.1. The smallest absolute Gasteiger partial charge is 0.0619 e. The van der Waals surface area contributed by atoms with Gasteiger partial charge in [0.2, 0.25) is 0 Å². The molecule has 0 aliphatic rings. The van der Waals surface area contributed by atoms with Gasteiger partial charge < -0.3 is 0 Å². The van der Waals surface area contributed by atoms with Crippen molar-refractivity contribution >= 4 is 39.0 Å². The molecule has 1 atom stereocenters. The van der Waals surface area contributed by atoms with Gasteiger partial charge in [-0.05, 0) is 22.6 Å². The van der Waals surface area contributed by atoms with Crippen LogP contribution in [0.5, 0.6) is 0 Å². The Labute approximate surface area is 154 Å². The van der Waals surface area contributed by atoms with Crippen molar-refractivity contribution in [3.8, 4) is 0 Å². The zero-order valence-electron chi connectivity index (χ0n) is 13.7. The molecule has 1 unspecified atom stereocenters. The standard InChI is InChI=1S/C21H21PS2/c1-2-21(18-12-6-3-7-13-18)24-22(23,19-14-8-4-9-15-19)20-16-10-5-11-17-20/h3-17,21H,2H2,1H3. The minimum Gasteiger partial charge on any atom is -0.107 e. The minimum atomic E-state index is -1.91. The summed E-state index contributed by atoms with van der Waals surface area (Å²) in [5.74, 6) is 0. The van der Waals surface area contributed by atoms with Crippen LogP contribution in [0.2, 0.25) is 0 Å². The third-order valence-electron chi connectivity index (χ3n) is 4.01. The van der Waals surface area contributed by atoms with Crippen molar-refractivity contribution in [1.82, 2.24) is 0 Å². The first-order chi connectivity index (χ1) is 11.7. The third-order valence-corrected chi connectivity index (χ3v) is 12.1. The van der Waals surface area contributed by atoms with Crippen molar-refractivity contribution in [2.75, 3.05) is 0 Å². The Bertz CT molecular complexity index is 758. The van der Waals surface area contributed by atoms with Gasteiger partial charge in [0.1, 0.15) is 0 Å². The lowest BCUT2D eigenvalue weighted by Crippen LogP contribution is -2.14. The lowest BCUT2D eigenvalue weighted by molar-refractivity contribution is 0.901. The highest BCUT2D eigenvalue weighted by atomic mass is 32.9. The van der Waals surface area contributed by atoms with E-state index >= 15 is 0 Å². The van der Waals surface area contributed by atoms with E-state index < -0.39 is 5.24 Å². The highest BCUT2D eigenvalue weighted by molar-refractivity contribution is 8.75. The molecule has 0 radical (unpaired) electrons. The number of rotatable bonds is 6. The minimum absolute atomic E-state index is 0.414. The highest BCUT2D eigenvalue weighted by Crippen LogP contribution is 2.63. The van der Waals surface area contributed by atoms with Gasteiger partial charge in [0.05, 0.1) is 5.24 Å². The van der Waals surface area contributed by atoms with Crippen LogP contribution in [0.1, 0.15) is 24.2 Å². The van der Waals surface area contributed by atoms with Crippen LogP contribution in [0.4, 0.5) is 0 Å². The van der Waals surface area contributed by atoms with Crippen molar-refractivity contribution in [3.05, 3.63) is 96.6 Å². The Morgan fingerprint density at radius 2 is 1.17 bits per heavy atom. The molecule has 122 valence electrons. The molecule has 3 aromatic carbocycles. The fraction of sp³-hybridized carbons (Fsp3) is 0.143. The fourth-order valence-corrected chi connectivity index (χ4v) is 10.2. The number of hydrogen-bond acceptors (Lipinski definition) is 2. The summed E-state index contributed by atoms with van der Waals surface area (Å²) in [7, 11) is 0. The molecule has 0 heterocycles. The molecule has 0 aliphatic heterocycles. The van der Waals surface area contributed by atoms with E-state index in [0.29, 0.717) is 5.25 Å². The van der Waals surface area contributed by atoms with Gasteiger partial charge in [-0.15, -0.1) is 11.4 Å². The van der Waals surface area contributed by atoms with Crippen LogP contribution in [0.3, 0.4) is 0 Å². The maximum absolute atomic E-state index is 6.35. The van der Waals surface area contributed by atoms with Crippen LogP contribution in [0.25, 0.3) is 0 Å². The average Bonchev–Trinajstić information content (AvgIpc) is 2.68. The summed E-state index contributed by atoms with van der Waals surface area (Å²) in [5.41, 5.74) is 1.37. The van der Waals surface area contributed by atoms with Gasteiger partial charge >= 0.3 is 0 Å². The van der Waals surface area contributed by atoms with E-state index in [1.54, 1.807) is 0 Å². The van der Waals surface area contributed by atoms with Gasteiger partial charge in [0, 0.05) is 5.25 Å². The normalized spacial score (nSPS) is 12.7. The van der Waals surface area contributed by atoms with Crippen molar-refractivity contribution in [2.45, 2.75) is 18.6 Å². The van der Waals surface area contributed by atoms with Crippen LogP contribution in [-0.4, -0.2) is 0 Å². The summed E-state index contributed by atoms with van der Waals surface area (Å²) in [6, 6.07) is 32.0. The van der Waals surface area contributed by atoms with E-state index in [4.69, 9.17) is 11.8 Å². The molecule has 3 heteroatoms. The van der Waals surface area contributed by atoms with E-state index in [1.807, 2.05) is 11.4 Å². The molecule has 0 amide bonds. The largest absolute Gasteiger partial charge is 0.107 e. The quantitative estimate of drug-likeness (QED) is 0.496. The Morgan fingerprint density at radius 1 is 0.750 bits per heavy atom. The van der Waals surface area contributed by atoms with Crippen molar-refractivity contribution in [3.63, 3.8) is 0 Å². The Hall–Kier alpha value is -1.34. The first-order valence-electron chi connectivity index (χ1n) is 8.18. The molecule has 0 spiro atoms. The van der Waals surface area contributed by atoms with E-state index in [-0.39, 0.29) is 0 Å². The monoisotopic (exact) mass is 368 g/mol. The molecule has 0 N–H and O–H groups in total. The molecule has 0 saturated heterocycles. The second-order valence-corrected chi connectivity index (χ2v) is 13.2.